The molecule has 38 heavy (non-hydrogen) atoms. The van der Waals surface area contributed by atoms with Crippen LogP contribution in [-0.2, 0) is 35.1 Å². The first-order chi connectivity index (χ1) is 17.7. The summed E-state index contributed by atoms with van der Waals surface area (Å²) in [6, 6.07) is 2.83. The largest absolute Gasteiger partial charge is 0.496 e. The minimum absolute atomic E-state index is 0.112. The molecular weight excluding hydrogens is 496 g/mol. The van der Waals surface area contributed by atoms with Gasteiger partial charge in [-0.3, -0.25) is 14.4 Å². The molecule has 2 aromatic rings. The highest BCUT2D eigenvalue weighted by Gasteiger charge is 2.32. The average Bonchev–Trinajstić information content (AvgIpc) is 3.26. The number of carbonyl (C=O) groups excluding carboxylic acids is 4. The molecule has 2 amide bonds. The van der Waals surface area contributed by atoms with Crippen LogP contribution in [0.25, 0.3) is 11.5 Å². The van der Waals surface area contributed by atoms with E-state index in [1.54, 1.807) is 59.7 Å². The van der Waals surface area contributed by atoms with Gasteiger partial charge in [0, 0.05) is 11.1 Å². The maximum absolute atomic E-state index is 13.1. The van der Waals surface area contributed by atoms with Crippen LogP contribution in [0.1, 0.15) is 52.4 Å². The highest BCUT2D eigenvalue weighted by Crippen LogP contribution is 2.26. The number of amides is 2. The third-order valence-corrected chi connectivity index (χ3v) is 5.26. The van der Waals surface area contributed by atoms with Crippen LogP contribution in [0.15, 0.2) is 22.7 Å². The van der Waals surface area contributed by atoms with Gasteiger partial charge in [-0.05, 0) is 51.8 Å². The Morgan fingerprint density at radius 1 is 1.08 bits per heavy atom. The molecule has 0 saturated heterocycles. The quantitative estimate of drug-likeness (QED) is 0.411. The van der Waals surface area contributed by atoms with Crippen LogP contribution < -0.4 is 15.4 Å². The second-order valence-corrected chi connectivity index (χ2v) is 10.0. The molecule has 0 aliphatic carbocycles. The molecule has 12 nitrogen and oxygen atoms in total. The molecule has 12 heteroatoms. The van der Waals surface area contributed by atoms with Gasteiger partial charge in [-0.2, -0.15) is 4.98 Å². The van der Waals surface area contributed by atoms with Gasteiger partial charge in [-0.15, -0.1) is 0 Å². The lowest BCUT2D eigenvalue weighted by Crippen LogP contribution is -2.54. The first-order valence-corrected chi connectivity index (χ1v) is 12.1. The number of aryl methyl sites for hydroxylation is 1. The number of hydrogen-bond acceptors (Lipinski definition) is 10. The zero-order valence-electron chi connectivity index (χ0n) is 23.0. The molecule has 0 aliphatic rings. The number of rotatable bonds is 11. The Balaban J connectivity index is 2.16. The smallest absolute Gasteiger partial charge is 0.328 e. The van der Waals surface area contributed by atoms with E-state index in [-0.39, 0.29) is 12.3 Å². The molecule has 1 aromatic carbocycles. The molecule has 0 radical (unpaired) electrons. The maximum Gasteiger partial charge on any atom is 0.328 e. The van der Waals surface area contributed by atoms with Crippen molar-refractivity contribution < 1.29 is 37.9 Å². The van der Waals surface area contributed by atoms with Crippen molar-refractivity contribution in [1.82, 2.24) is 20.8 Å². The number of ether oxygens (including phenoxy) is 3. The summed E-state index contributed by atoms with van der Waals surface area (Å²) in [6.07, 6.45) is -0.535. The highest BCUT2D eigenvalue weighted by molar-refractivity contribution is 5.93. The van der Waals surface area contributed by atoms with Crippen molar-refractivity contribution in [3.63, 3.8) is 0 Å². The molecule has 208 valence electrons. The molecule has 1 aromatic heterocycles. The van der Waals surface area contributed by atoms with Crippen LogP contribution in [-0.4, -0.2) is 65.8 Å². The Kier molecular flexibility index (Phi) is 10.4. The van der Waals surface area contributed by atoms with Crippen molar-refractivity contribution in [1.29, 1.82) is 0 Å². The molecule has 0 fully saturated rings. The minimum atomic E-state index is -1.28. The van der Waals surface area contributed by atoms with E-state index in [1.165, 1.54) is 7.11 Å². The molecule has 0 bridgehead atoms. The van der Waals surface area contributed by atoms with Gasteiger partial charge in [0.2, 0.25) is 11.8 Å². The van der Waals surface area contributed by atoms with Crippen molar-refractivity contribution in [3.8, 4) is 17.2 Å². The average molecular weight is 533 g/mol. The predicted octanol–water partition coefficient (Wildman–Crippen LogP) is 2.13. The van der Waals surface area contributed by atoms with Gasteiger partial charge in [0.1, 0.15) is 23.4 Å². The number of aromatic nitrogens is 2. The molecule has 1 heterocycles. The van der Waals surface area contributed by atoms with Crippen molar-refractivity contribution in [2.45, 2.75) is 72.1 Å². The summed E-state index contributed by atoms with van der Waals surface area (Å²) >= 11 is 0. The standard InChI is InChI=1S/C26H36N4O8/c1-14(2)22(23(33)28-18(25(34)36-8)13-21(32)37-26(4,5)6)29-20(31)12-17-11-16(9-10-19(17)35-7)24-27-15(3)30-38-24/h9-11,14,18,22H,12-13H2,1-8H3,(H,28,33)(H,29,31)/t18-,22-/m0/s1. The van der Waals surface area contributed by atoms with Gasteiger partial charge in [-0.25, -0.2) is 4.79 Å². The van der Waals surface area contributed by atoms with E-state index in [4.69, 9.17) is 18.7 Å². The maximum atomic E-state index is 13.1. The summed E-state index contributed by atoms with van der Waals surface area (Å²) in [7, 11) is 2.63. The molecule has 0 unspecified atom stereocenters. The summed E-state index contributed by atoms with van der Waals surface area (Å²) in [4.78, 5) is 54.8. The number of carbonyl (C=O) groups is 4. The Bertz CT molecular complexity index is 1150. The predicted molar refractivity (Wildman–Crippen MR) is 136 cm³/mol. The fraction of sp³-hybridized carbons (Fsp3) is 0.538. The number of esters is 2. The van der Waals surface area contributed by atoms with Crippen LogP contribution in [0.5, 0.6) is 5.75 Å². The van der Waals surface area contributed by atoms with Crippen LogP contribution in [0.4, 0.5) is 0 Å². The second kappa shape index (κ2) is 13.0. The molecule has 0 saturated carbocycles. The van der Waals surface area contributed by atoms with Gasteiger partial charge in [0.25, 0.3) is 5.89 Å². The van der Waals surface area contributed by atoms with Crippen LogP contribution in [0, 0.1) is 12.8 Å². The Morgan fingerprint density at radius 3 is 2.29 bits per heavy atom. The van der Waals surface area contributed by atoms with Crippen LogP contribution in [0.3, 0.4) is 0 Å². The van der Waals surface area contributed by atoms with E-state index < -0.39 is 47.9 Å². The Labute approximate surface area is 221 Å². The lowest BCUT2D eigenvalue weighted by atomic mass is 10.0. The zero-order valence-corrected chi connectivity index (χ0v) is 23.0. The van der Waals surface area contributed by atoms with Gasteiger partial charge in [0.05, 0.1) is 27.1 Å². The van der Waals surface area contributed by atoms with Crippen molar-refractivity contribution in [3.05, 3.63) is 29.6 Å². The third kappa shape index (κ3) is 8.86. The van der Waals surface area contributed by atoms with E-state index in [9.17, 15) is 19.2 Å². The fourth-order valence-electron chi connectivity index (χ4n) is 3.54. The highest BCUT2D eigenvalue weighted by atomic mass is 16.6. The summed E-state index contributed by atoms with van der Waals surface area (Å²) < 4.78 is 20.6. The number of methoxy groups -OCH3 is 2. The zero-order chi connectivity index (χ0) is 28.6. The van der Waals surface area contributed by atoms with E-state index >= 15 is 0 Å². The third-order valence-electron chi connectivity index (χ3n) is 5.26. The summed E-state index contributed by atoms with van der Waals surface area (Å²) in [5, 5.41) is 8.99. The van der Waals surface area contributed by atoms with Gasteiger partial charge >= 0.3 is 11.9 Å². The van der Waals surface area contributed by atoms with Gasteiger partial charge in [0.15, 0.2) is 5.82 Å². The number of hydrogen-bond donors (Lipinski definition) is 2. The lowest BCUT2D eigenvalue weighted by Gasteiger charge is -2.25. The molecule has 2 rings (SSSR count). The van der Waals surface area contributed by atoms with Gasteiger partial charge in [-0.1, -0.05) is 19.0 Å². The van der Waals surface area contributed by atoms with E-state index in [0.29, 0.717) is 28.6 Å². The molecule has 2 N–H and O–H groups in total. The SMILES string of the molecule is COC(=O)[C@H](CC(=O)OC(C)(C)C)NC(=O)[C@@H](NC(=O)Cc1cc(-c2nc(C)no2)ccc1OC)C(C)C. The van der Waals surface area contributed by atoms with Gasteiger partial charge < -0.3 is 29.4 Å². The lowest BCUT2D eigenvalue weighted by molar-refractivity contribution is -0.159. The van der Waals surface area contributed by atoms with E-state index in [1.807, 2.05) is 0 Å². The fourth-order valence-corrected chi connectivity index (χ4v) is 3.54. The number of benzene rings is 1. The first-order valence-electron chi connectivity index (χ1n) is 12.1. The summed E-state index contributed by atoms with van der Waals surface area (Å²) in [6.45, 7) is 10.2. The van der Waals surface area contributed by atoms with Crippen molar-refractivity contribution >= 4 is 23.8 Å². The summed E-state index contributed by atoms with van der Waals surface area (Å²) in [5.41, 5.74) is 0.380. The molecule has 2 atom stereocenters. The van der Waals surface area contributed by atoms with Crippen molar-refractivity contribution in [2.75, 3.05) is 14.2 Å². The Hall–Kier alpha value is -3.96. The minimum Gasteiger partial charge on any atom is -0.496 e. The van der Waals surface area contributed by atoms with E-state index in [2.05, 4.69) is 20.8 Å². The monoisotopic (exact) mass is 532 g/mol. The number of nitrogens with one attached hydrogen (secondary N) is 2. The summed E-state index contributed by atoms with van der Waals surface area (Å²) in [5.74, 6) is -1.70. The van der Waals surface area contributed by atoms with Crippen LogP contribution in [0.2, 0.25) is 0 Å². The van der Waals surface area contributed by atoms with Crippen molar-refractivity contribution in [2.24, 2.45) is 5.92 Å². The molecule has 0 spiro atoms. The second-order valence-electron chi connectivity index (χ2n) is 10.0. The van der Waals surface area contributed by atoms with E-state index in [0.717, 1.165) is 7.11 Å². The molecule has 0 aliphatic heterocycles. The molecular formula is C26H36N4O8. The number of nitrogens with zero attached hydrogens (tertiary/aromatic N) is 2. The Morgan fingerprint density at radius 2 is 1.76 bits per heavy atom. The van der Waals surface area contributed by atoms with Crippen LogP contribution >= 0.6 is 0 Å². The normalized spacial score (nSPS) is 12.9. The first kappa shape index (κ1) is 30.3. The topological polar surface area (TPSA) is 159 Å².